The van der Waals surface area contributed by atoms with Crippen LogP contribution in [0.5, 0.6) is 0 Å². The second kappa shape index (κ2) is 14.5. The van der Waals surface area contributed by atoms with Gasteiger partial charge in [0, 0.05) is 17.3 Å². The van der Waals surface area contributed by atoms with Crippen LogP contribution in [0.2, 0.25) is 0 Å². The van der Waals surface area contributed by atoms with E-state index < -0.39 is 0 Å². The number of hydrogen-bond acceptors (Lipinski definition) is 6. The summed E-state index contributed by atoms with van der Waals surface area (Å²) in [6.45, 7) is 7.06. The molecule has 5 nitrogen and oxygen atoms in total. The third-order valence-corrected chi connectivity index (χ3v) is 7.94. The Labute approximate surface area is 217 Å². The molecule has 35 heavy (non-hydrogen) atoms. The quantitative estimate of drug-likeness (QED) is 0.237. The minimum atomic E-state index is -0.188. The lowest BCUT2D eigenvalue weighted by Crippen LogP contribution is -2.48. The number of amides is 1. The number of ketones is 1. The third-order valence-electron chi connectivity index (χ3n) is 5.95. The zero-order valence-corrected chi connectivity index (χ0v) is 22.7. The molecule has 0 radical (unpaired) electrons. The lowest BCUT2D eigenvalue weighted by molar-refractivity contribution is -0.121. The molecular weight excluding hydrogens is 476 g/mol. The van der Waals surface area contributed by atoms with E-state index in [0.717, 1.165) is 42.4 Å². The number of Topliss-reactive ketones (excluding diaryl/α,β-unsaturated/α-hetero) is 1. The fourth-order valence-electron chi connectivity index (χ4n) is 4.20. The van der Waals surface area contributed by atoms with Gasteiger partial charge in [-0.05, 0) is 53.3 Å². The molecule has 0 saturated heterocycles. The zero-order chi connectivity index (χ0) is 25.0. The fraction of sp³-hybridized carbons (Fsp3) is 0.500. The number of carbonyl (C=O) groups is 2. The highest BCUT2D eigenvalue weighted by Crippen LogP contribution is 2.26. The van der Waals surface area contributed by atoms with Crippen molar-refractivity contribution in [3.05, 3.63) is 59.4 Å². The van der Waals surface area contributed by atoms with Crippen molar-refractivity contribution in [3.63, 3.8) is 0 Å². The first-order valence-electron chi connectivity index (χ1n) is 12.6. The van der Waals surface area contributed by atoms with Gasteiger partial charge in [0.1, 0.15) is 5.76 Å². The van der Waals surface area contributed by atoms with Crippen LogP contribution in [0.1, 0.15) is 57.8 Å². The summed E-state index contributed by atoms with van der Waals surface area (Å²) in [4.78, 5) is 25.9. The van der Waals surface area contributed by atoms with Gasteiger partial charge in [0.05, 0.1) is 30.2 Å². The molecule has 2 N–H and O–H groups in total. The first kappa shape index (κ1) is 27.5. The average Bonchev–Trinajstić information content (AvgIpc) is 3.49. The highest BCUT2D eigenvalue weighted by molar-refractivity contribution is 7.99. The van der Waals surface area contributed by atoms with Gasteiger partial charge in [-0.25, -0.2) is 0 Å². The molecule has 2 aromatic heterocycles. The van der Waals surface area contributed by atoms with Crippen molar-refractivity contribution in [1.82, 2.24) is 10.6 Å². The molecule has 0 fully saturated rings. The van der Waals surface area contributed by atoms with E-state index in [1.807, 2.05) is 24.3 Å². The Hall–Kier alpha value is -2.09. The second-order valence-electron chi connectivity index (χ2n) is 9.47. The van der Waals surface area contributed by atoms with Gasteiger partial charge >= 0.3 is 0 Å². The van der Waals surface area contributed by atoms with E-state index in [-0.39, 0.29) is 23.8 Å². The van der Waals surface area contributed by atoms with Gasteiger partial charge in [0.15, 0.2) is 5.78 Å². The maximum atomic E-state index is 13.0. The van der Waals surface area contributed by atoms with E-state index in [2.05, 4.69) is 48.9 Å². The Morgan fingerprint density at radius 3 is 2.71 bits per heavy atom. The molecule has 1 aromatic carbocycles. The number of carbonyl (C=O) groups excluding carboxylic acids is 2. The van der Waals surface area contributed by atoms with Gasteiger partial charge in [0.25, 0.3) is 0 Å². The molecule has 0 aliphatic carbocycles. The van der Waals surface area contributed by atoms with E-state index in [4.69, 9.17) is 4.42 Å². The molecular formula is C28H38N2O3S2. The monoisotopic (exact) mass is 514 g/mol. The number of nitrogens with one attached hydrogen (secondary N) is 2. The minimum Gasteiger partial charge on any atom is -0.468 e. The summed E-state index contributed by atoms with van der Waals surface area (Å²) >= 11 is 3.27. The normalized spacial score (nSPS) is 13.3. The Bertz CT molecular complexity index is 1050. The molecule has 190 valence electrons. The summed E-state index contributed by atoms with van der Waals surface area (Å²) < 4.78 is 6.57. The molecule has 3 rings (SSSR count). The summed E-state index contributed by atoms with van der Waals surface area (Å²) in [5, 5.41) is 9.98. The number of thioether (sulfide) groups is 1. The lowest BCUT2D eigenvalue weighted by atomic mass is 10.0. The first-order chi connectivity index (χ1) is 17.0. The summed E-state index contributed by atoms with van der Waals surface area (Å²) in [6, 6.07) is 11.8. The van der Waals surface area contributed by atoms with Gasteiger partial charge < -0.3 is 15.1 Å². The van der Waals surface area contributed by atoms with Crippen molar-refractivity contribution in [3.8, 4) is 0 Å². The first-order valence-corrected chi connectivity index (χ1v) is 14.6. The van der Waals surface area contributed by atoms with Crippen molar-refractivity contribution in [1.29, 1.82) is 0 Å². The number of rotatable bonds is 16. The van der Waals surface area contributed by atoms with Gasteiger partial charge in [-0.1, -0.05) is 51.8 Å². The second-order valence-corrected chi connectivity index (χ2v) is 11.4. The predicted molar refractivity (Wildman–Crippen MR) is 148 cm³/mol. The molecule has 0 spiro atoms. The van der Waals surface area contributed by atoms with Crippen LogP contribution in [0.3, 0.4) is 0 Å². The lowest BCUT2D eigenvalue weighted by Gasteiger charge is -2.25. The van der Waals surface area contributed by atoms with Crippen LogP contribution in [-0.2, 0) is 21.8 Å². The van der Waals surface area contributed by atoms with Crippen LogP contribution in [0.25, 0.3) is 10.1 Å². The van der Waals surface area contributed by atoms with E-state index in [0.29, 0.717) is 30.4 Å². The van der Waals surface area contributed by atoms with Crippen molar-refractivity contribution in [2.45, 2.75) is 70.7 Å². The Morgan fingerprint density at radius 1 is 1.14 bits per heavy atom. The number of furan rings is 1. The van der Waals surface area contributed by atoms with E-state index in [9.17, 15) is 9.59 Å². The van der Waals surface area contributed by atoms with Gasteiger partial charge in [-0.15, -0.1) is 23.1 Å². The zero-order valence-electron chi connectivity index (χ0n) is 21.0. The molecule has 0 aliphatic rings. The largest absolute Gasteiger partial charge is 0.468 e. The number of benzene rings is 1. The van der Waals surface area contributed by atoms with Crippen LogP contribution >= 0.6 is 23.1 Å². The third kappa shape index (κ3) is 9.13. The van der Waals surface area contributed by atoms with Gasteiger partial charge in [-0.3, -0.25) is 9.59 Å². The van der Waals surface area contributed by atoms with E-state index in [1.54, 1.807) is 29.4 Å². The summed E-state index contributed by atoms with van der Waals surface area (Å²) in [6.07, 6.45) is 5.77. The Balaban J connectivity index is 1.54. The van der Waals surface area contributed by atoms with Gasteiger partial charge in [0.2, 0.25) is 5.91 Å². The SMILES string of the molecule is CCCCC(NCC(CC(C)C)NC(=O)Cc1csc2ccccc12)C(=O)CSCc1ccco1. The number of unbranched alkanes of at least 4 members (excludes halogenated alkanes) is 1. The van der Waals surface area contributed by atoms with E-state index >= 15 is 0 Å². The summed E-state index contributed by atoms with van der Waals surface area (Å²) in [5.41, 5.74) is 1.07. The molecule has 2 unspecified atom stereocenters. The molecule has 2 atom stereocenters. The van der Waals surface area contributed by atoms with Crippen LogP contribution in [-0.4, -0.2) is 36.1 Å². The van der Waals surface area contributed by atoms with Crippen molar-refractivity contribution < 1.29 is 14.0 Å². The van der Waals surface area contributed by atoms with Crippen LogP contribution in [0.4, 0.5) is 0 Å². The van der Waals surface area contributed by atoms with E-state index in [1.165, 1.54) is 4.70 Å². The minimum absolute atomic E-state index is 0.0138. The maximum Gasteiger partial charge on any atom is 0.224 e. The molecule has 7 heteroatoms. The van der Waals surface area contributed by atoms with Crippen LogP contribution in [0, 0.1) is 5.92 Å². The predicted octanol–water partition coefficient (Wildman–Crippen LogP) is 6.22. The number of hydrogen-bond donors (Lipinski definition) is 2. The molecule has 2 heterocycles. The highest BCUT2D eigenvalue weighted by Gasteiger charge is 2.21. The maximum absolute atomic E-state index is 13.0. The van der Waals surface area contributed by atoms with Crippen molar-refractivity contribution in [2.24, 2.45) is 5.92 Å². The summed E-state index contributed by atoms with van der Waals surface area (Å²) in [5.74, 6) is 2.73. The molecule has 3 aromatic rings. The molecule has 0 aliphatic heterocycles. The van der Waals surface area contributed by atoms with Crippen LogP contribution in [0.15, 0.2) is 52.5 Å². The van der Waals surface area contributed by atoms with Crippen LogP contribution < -0.4 is 10.6 Å². The van der Waals surface area contributed by atoms with Crippen molar-refractivity contribution in [2.75, 3.05) is 12.3 Å². The number of fused-ring (bicyclic) bond motifs is 1. The average molecular weight is 515 g/mol. The van der Waals surface area contributed by atoms with Gasteiger partial charge in [-0.2, -0.15) is 0 Å². The summed E-state index contributed by atoms with van der Waals surface area (Å²) in [7, 11) is 0. The molecule has 0 saturated carbocycles. The topological polar surface area (TPSA) is 71.3 Å². The Morgan fingerprint density at radius 2 is 1.97 bits per heavy atom. The number of thiophene rings is 1. The highest BCUT2D eigenvalue weighted by atomic mass is 32.2. The standard InChI is InChI=1S/C28H38N2O3S2/c1-4-5-11-25(26(31)19-34-18-23-9-8-13-33-23)29-16-22(14-20(2)3)30-28(32)15-21-17-35-27-12-7-6-10-24(21)27/h6-10,12-13,17,20,22,25,29H,4-5,11,14-16,18-19H2,1-3H3,(H,30,32). The smallest absolute Gasteiger partial charge is 0.224 e. The fourth-order valence-corrected chi connectivity index (χ4v) is 6.03. The molecule has 1 amide bonds. The molecule has 0 bridgehead atoms. The van der Waals surface area contributed by atoms with Crippen molar-refractivity contribution >= 4 is 44.9 Å². The Kier molecular flexibility index (Phi) is 11.4.